The van der Waals surface area contributed by atoms with Gasteiger partial charge in [0.05, 0.1) is 6.42 Å². The first-order chi connectivity index (χ1) is 7.65. The van der Waals surface area contributed by atoms with Crippen molar-refractivity contribution in [3.05, 3.63) is 35.1 Å². The van der Waals surface area contributed by atoms with Gasteiger partial charge in [-0.1, -0.05) is 11.6 Å². The van der Waals surface area contributed by atoms with E-state index in [1.54, 1.807) is 12.1 Å². The van der Waals surface area contributed by atoms with Gasteiger partial charge in [0.2, 0.25) is 0 Å². The van der Waals surface area contributed by atoms with Crippen LogP contribution < -0.4 is 0 Å². The summed E-state index contributed by atoms with van der Waals surface area (Å²) in [6.45, 7) is 1.52. The lowest BCUT2D eigenvalue weighted by Gasteiger charge is -1.95. The van der Waals surface area contributed by atoms with Gasteiger partial charge in [-0.15, -0.1) is 10.2 Å². The van der Waals surface area contributed by atoms with E-state index in [1.807, 2.05) is 12.1 Å². The number of benzene rings is 1. The Bertz CT molecular complexity index is 504. The molecule has 1 aromatic heterocycles. The lowest BCUT2D eigenvalue weighted by molar-refractivity contribution is -0.116. The van der Waals surface area contributed by atoms with Gasteiger partial charge in [0.25, 0.3) is 0 Å². The van der Waals surface area contributed by atoms with Crippen LogP contribution in [0.1, 0.15) is 12.7 Å². The van der Waals surface area contributed by atoms with Crippen LogP contribution in [0.2, 0.25) is 5.02 Å². The van der Waals surface area contributed by atoms with E-state index in [9.17, 15) is 4.79 Å². The molecule has 2 aromatic rings. The summed E-state index contributed by atoms with van der Waals surface area (Å²) in [5.74, 6) is 1.28. The maximum Gasteiger partial charge on any atom is 0.161 e. The highest BCUT2D eigenvalue weighted by molar-refractivity contribution is 6.30. The molecule has 1 N–H and O–H groups in total. The first kappa shape index (κ1) is 10.8. The zero-order valence-corrected chi connectivity index (χ0v) is 9.45. The number of aromatic amines is 1. The Balaban J connectivity index is 2.24. The predicted octanol–water partition coefficient (Wildman–Crippen LogP) is 2.26. The van der Waals surface area contributed by atoms with Gasteiger partial charge < -0.3 is 4.98 Å². The minimum atomic E-state index is 0.0545. The van der Waals surface area contributed by atoms with E-state index in [4.69, 9.17) is 11.6 Å². The summed E-state index contributed by atoms with van der Waals surface area (Å²) < 4.78 is 0. The number of carbonyl (C=O) groups is 1. The van der Waals surface area contributed by atoms with Gasteiger partial charge >= 0.3 is 0 Å². The van der Waals surface area contributed by atoms with Gasteiger partial charge in [-0.3, -0.25) is 4.79 Å². The topological polar surface area (TPSA) is 58.6 Å². The molecule has 0 aliphatic rings. The van der Waals surface area contributed by atoms with Crippen LogP contribution in [0.4, 0.5) is 0 Å². The van der Waals surface area contributed by atoms with Gasteiger partial charge in [0.1, 0.15) is 11.6 Å². The molecule has 16 heavy (non-hydrogen) atoms. The highest BCUT2D eigenvalue weighted by atomic mass is 35.5. The van der Waals surface area contributed by atoms with E-state index >= 15 is 0 Å². The smallest absolute Gasteiger partial charge is 0.161 e. The molecule has 0 aliphatic carbocycles. The molecule has 82 valence electrons. The number of Topliss-reactive ketones (excluding diaryl/α,β-unsaturated/α-hetero) is 1. The normalized spacial score (nSPS) is 10.4. The Labute approximate surface area is 97.7 Å². The summed E-state index contributed by atoms with van der Waals surface area (Å²) in [5.41, 5.74) is 0.895. The molecule has 0 aliphatic heterocycles. The fourth-order valence-electron chi connectivity index (χ4n) is 1.35. The fraction of sp³-hybridized carbons (Fsp3) is 0.182. The summed E-state index contributed by atoms with van der Waals surface area (Å²) >= 11 is 5.78. The largest absolute Gasteiger partial charge is 0.325 e. The highest BCUT2D eigenvalue weighted by Crippen LogP contribution is 2.17. The summed E-state index contributed by atoms with van der Waals surface area (Å²) in [5, 5.41) is 8.54. The van der Waals surface area contributed by atoms with Crippen LogP contribution in [0.5, 0.6) is 0 Å². The van der Waals surface area contributed by atoms with E-state index in [2.05, 4.69) is 15.2 Å². The van der Waals surface area contributed by atoms with E-state index in [0.29, 0.717) is 16.7 Å². The molecule has 4 nitrogen and oxygen atoms in total. The summed E-state index contributed by atoms with van der Waals surface area (Å²) in [4.78, 5) is 13.9. The number of H-pyrrole nitrogens is 1. The van der Waals surface area contributed by atoms with Crippen LogP contribution >= 0.6 is 11.6 Å². The van der Waals surface area contributed by atoms with Crippen LogP contribution in [0.25, 0.3) is 11.4 Å². The Morgan fingerprint density at radius 3 is 2.62 bits per heavy atom. The van der Waals surface area contributed by atoms with Crippen LogP contribution in [0, 0.1) is 0 Å². The molecule has 1 heterocycles. The summed E-state index contributed by atoms with van der Waals surface area (Å²) in [6, 6.07) is 7.26. The van der Waals surface area contributed by atoms with Gasteiger partial charge in [-0.2, -0.15) is 0 Å². The molecule has 0 fully saturated rings. The average molecular weight is 236 g/mol. The second kappa shape index (κ2) is 4.45. The van der Waals surface area contributed by atoms with Crippen LogP contribution in [0.15, 0.2) is 24.3 Å². The molecule has 0 amide bonds. The molecule has 0 radical (unpaired) electrons. The summed E-state index contributed by atoms with van der Waals surface area (Å²) in [6.07, 6.45) is 0.278. The maximum atomic E-state index is 10.9. The SMILES string of the molecule is CC(=O)Cc1nnc(-c2ccc(Cl)cc2)[nH]1. The number of hydrogen-bond donors (Lipinski definition) is 1. The number of ketones is 1. The van der Waals surface area contributed by atoms with Gasteiger partial charge in [0, 0.05) is 10.6 Å². The Morgan fingerprint density at radius 1 is 1.31 bits per heavy atom. The van der Waals surface area contributed by atoms with Crippen LogP contribution in [-0.2, 0) is 11.2 Å². The number of nitrogens with one attached hydrogen (secondary N) is 1. The minimum absolute atomic E-state index is 0.0545. The van der Waals surface area contributed by atoms with Crippen molar-refractivity contribution in [2.75, 3.05) is 0 Å². The van der Waals surface area contributed by atoms with Crippen molar-refractivity contribution < 1.29 is 4.79 Å². The Morgan fingerprint density at radius 2 is 2.00 bits per heavy atom. The van der Waals surface area contributed by atoms with E-state index < -0.39 is 0 Å². The molecule has 0 saturated carbocycles. The molecule has 0 spiro atoms. The van der Waals surface area contributed by atoms with Crippen molar-refractivity contribution in [2.45, 2.75) is 13.3 Å². The van der Waals surface area contributed by atoms with Crippen molar-refractivity contribution in [2.24, 2.45) is 0 Å². The lowest BCUT2D eigenvalue weighted by Crippen LogP contribution is -1.98. The number of halogens is 1. The third kappa shape index (κ3) is 2.46. The number of aromatic nitrogens is 3. The third-order valence-electron chi connectivity index (χ3n) is 2.07. The van der Waals surface area contributed by atoms with E-state index in [1.165, 1.54) is 6.92 Å². The molecule has 0 saturated heterocycles. The Hall–Kier alpha value is -1.68. The number of rotatable bonds is 3. The van der Waals surface area contributed by atoms with E-state index in [-0.39, 0.29) is 12.2 Å². The summed E-state index contributed by atoms with van der Waals surface area (Å²) in [7, 11) is 0. The van der Waals surface area contributed by atoms with Crippen molar-refractivity contribution in [1.29, 1.82) is 0 Å². The van der Waals surface area contributed by atoms with Gasteiger partial charge in [-0.05, 0) is 31.2 Å². The zero-order valence-electron chi connectivity index (χ0n) is 8.70. The zero-order chi connectivity index (χ0) is 11.5. The molecule has 5 heteroatoms. The van der Waals surface area contributed by atoms with Crippen LogP contribution in [0.3, 0.4) is 0 Å². The first-order valence-electron chi connectivity index (χ1n) is 4.82. The van der Waals surface area contributed by atoms with Gasteiger partial charge in [-0.25, -0.2) is 0 Å². The lowest BCUT2D eigenvalue weighted by atomic mass is 10.2. The number of carbonyl (C=O) groups excluding carboxylic acids is 1. The maximum absolute atomic E-state index is 10.9. The molecular weight excluding hydrogens is 226 g/mol. The van der Waals surface area contributed by atoms with Crippen LogP contribution in [-0.4, -0.2) is 21.0 Å². The molecule has 0 unspecified atom stereocenters. The fourth-order valence-corrected chi connectivity index (χ4v) is 1.48. The monoisotopic (exact) mass is 235 g/mol. The second-order valence-electron chi connectivity index (χ2n) is 3.51. The molecule has 2 rings (SSSR count). The standard InChI is InChI=1S/C11H10ClN3O/c1-7(16)6-10-13-11(15-14-10)8-2-4-9(12)5-3-8/h2-5H,6H2,1H3,(H,13,14,15). The van der Waals surface area contributed by atoms with Crippen molar-refractivity contribution >= 4 is 17.4 Å². The third-order valence-corrected chi connectivity index (χ3v) is 2.32. The average Bonchev–Trinajstić information content (AvgIpc) is 2.66. The number of hydrogen-bond acceptors (Lipinski definition) is 3. The predicted molar refractivity (Wildman–Crippen MR) is 61.2 cm³/mol. The first-order valence-corrected chi connectivity index (χ1v) is 5.20. The molecule has 1 aromatic carbocycles. The quantitative estimate of drug-likeness (QED) is 0.888. The van der Waals surface area contributed by atoms with Gasteiger partial charge in [0.15, 0.2) is 5.82 Å². The van der Waals surface area contributed by atoms with E-state index in [0.717, 1.165) is 5.56 Å². The minimum Gasteiger partial charge on any atom is -0.325 e. The van der Waals surface area contributed by atoms with Crippen molar-refractivity contribution in [3.8, 4) is 11.4 Å². The molecule has 0 bridgehead atoms. The van der Waals surface area contributed by atoms with Crippen molar-refractivity contribution in [1.82, 2.24) is 15.2 Å². The number of nitrogens with zero attached hydrogens (tertiary/aromatic N) is 2. The Kier molecular flexibility index (Phi) is 3.01. The molecular formula is C11H10ClN3O. The second-order valence-corrected chi connectivity index (χ2v) is 3.94. The van der Waals surface area contributed by atoms with Crippen molar-refractivity contribution in [3.63, 3.8) is 0 Å². The molecule has 0 atom stereocenters. The highest BCUT2D eigenvalue weighted by Gasteiger charge is 2.06.